The zero-order chi connectivity index (χ0) is 16.4. The Hall–Kier alpha value is -1.02. The van der Waals surface area contributed by atoms with Crippen molar-refractivity contribution < 1.29 is 9.47 Å². The van der Waals surface area contributed by atoms with Crippen LogP contribution in [0.5, 0.6) is 5.75 Å². The van der Waals surface area contributed by atoms with Crippen LogP contribution >= 0.6 is 24.0 Å². The highest BCUT2D eigenvalue weighted by Gasteiger charge is 2.66. The highest BCUT2D eigenvalue weighted by atomic mass is 127. The Morgan fingerprint density at radius 2 is 2.12 bits per heavy atom. The third kappa shape index (κ3) is 3.47. The highest BCUT2D eigenvalue weighted by Crippen LogP contribution is 2.62. The van der Waals surface area contributed by atoms with E-state index < -0.39 is 0 Å². The van der Waals surface area contributed by atoms with Gasteiger partial charge in [0.2, 0.25) is 0 Å². The van der Waals surface area contributed by atoms with Gasteiger partial charge in [-0.15, -0.1) is 24.0 Å². The fourth-order valence-electron chi connectivity index (χ4n) is 4.65. The van der Waals surface area contributed by atoms with Crippen molar-refractivity contribution in [3.63, 3.8) is 0 Å². The van der Waals surface area contributed by atoms with E-state index >= 15 is 0 Å². The van der Waals surface area contributed by atoms with Crippen LogP contribution in [0.4, 0.5) is 0 Å². The quantitative estimate of drug-likeness (QED) is 0.309. The minimum Gasteiger partial charge on any atom is -0.492 e. The smallest absolute Gasteiger partial charge is 0.191 e. The molecule has 1 aromatic rings. The molecule has 1 aliphatic heterocycles. The SMILES string of the molecule is CN=C(NCCOc1ccccc1)NC1C2CCOC2C12CCC2.I. The Labute approximate surface area is 167 Å². The maximum Gasteiger partial charge on any atom is 0.191 e. The van der Waals surface area contributed by atoms with Gasteiger partial charge in [0, 0.05) is 31.0 Å². The average molecular weight is 457 g/mol. The second-order valence-corrected chi connectivity index (χ2v) is 7.11. The molecule has 3 atom stereocenters. The molecule has 0 bridgehead atoms. The van der Waals surface area contributed by atoms with Gasteiger partial charge in [0.25, 0.3) is 0 Å². The number of nitrogens with one attached hydrogen (secondary N) is 2. The molecule has 0 aromatic heterocycles. The molecule has 3 fully saturated rings. The van der Waals surface area contributed by atoms with E-state index in [1.807, 2.05) is 37.4 Å². The van der Waals surface area contributed by atoms with Gasteiger partial charge in [-0.1, -0.05) is 24.6 Å². The van der Waals surface area contributed by atoms with Crippen LogP contribution in [0, 0.1) is 11.3 Å². The van der Waals surface area contributed by atoms with Crippen LogP contribution in [0.15, 0.2) is 35.3 Å². The topological polar surface area (TPSA) is 54.9 Å². The Morgan fingerprint density at radius 1 is 1.32 bits per heavy atom. The van der Waals surface area contributed by atoms with Crippen molar-refractivity contribution in [2.45, 2.75) is 37.8 Å². The minimum atomic E-state index is 0. The number of nitrogens with zero attached hydrogens (tertiary/aromatic N) is 1. The first-order valence-corrected chi connectivity index (χ1v) is 9.10. The molecule has 138 valence electrons. The Balaban J connectivity index is 0.00000182. The molecule has 1 heterocycles. The number of para-hydroxylation sites is 1. The predicted molar refractivity (Wildman–Crippen MR) is 110 cm³/mol. The number of rotatable bonds is 5. The fourth-order valence-corrected chi connectivity index (χ4v) is 4.65. The number of aliphatic imine (C=N–C) groups is 1. The Morgan fingerprint density at radius 3 is 2.80 bits per heavy atom. The fraction of sp³-hybridized carbons (Fsp3) is 0.632. The summed E-state index contributed by atoms with van der Waals surface area (Å²) in [6.45, 7) is 2.28. The summed E-state index contributed by atoms with van der Waals surface area (Å²) < 4.78 is 11.7. The molecule has 4 rings (SSSR count). The largest absolute Gasteiger partial charge is 0.492 e. The molecule has 3 aliphatic rings. The molecular formula is C19H28IN3O2. The van der Waals surface area contributed by atoms with E-state index in [2.05, 4.69) is 15.6 Å². The van der Waals surface area contributed by atoms with Crippen molar-refractivity contribution in [3.8, 4) is 5.75 Å². The Bertz CT molecular complexity index is 592. The summed E-state index contributed by atoms with van der Waals surface area (Å²) in [5, 5.41) is 7.05. The number of fused-ring (bicyclic) bond motifs is 2. The summed E-state index contributed by atoms with van der Waals surface area (Å²) in [5.74, 6) is 2.44. The molecule has 1 saturated heterocycles. The van der Waals surface area contributed by atoms with Gasteiger partial charge in [-0.05, 0) is 31.4 Å². The van der Waals surface area contributed by atoms with Crippen LogP contribution in [-0.4, -0.2) is 44.9 Å². The molecule has 2 N–H and O–H groups in total. The molecule has 1 aromatic carbocycles. The molecule has 2 saturated carbocycles. The summed E-state index contributed by atoms with van der Waals surface area (Å²) in [7, 11) is 1.84. The molecule has 5 nitrogen and oxygen atoms in total. The van der Waals surface area contributed by atoms with Crippen LogP contribution in [0.1, 0.15) is 25.7 Å². The highest BCUT2D eigenvalue weighted by molar-refractivity contribution is 14.0. The number of hydrogen-bond acceptors (Lipinski definition) is 3. The van der Waals surface area contributed by atoms with E-state index in [0.29, 0.717) is 30.1 Å². The normalized spacial score (nSPS) is 29.0. The summed E-state index contributed by atoms with van der Waals surface area (Å²) in [4.78, 5) is 4.39. The van der Waals surface area contributed by atoms with Gasteiger partial charge in [0.05, 0.1) is 12.6 Å². The molecule has 6 heteroatoms. The van der Waals surface area contributed by atoms with Crippen LogP contribution in [0.2, 0.25) is 0 Å². The molecule has 25 heavy (non-hydrogen) atoms. The van der Waals surface area contributed by atoms with Gasteiger partial charge < -0.3 is 20.1 Å². The summed E-state index contributed by atoms with van der Waals surface area (Å²) in [5.41, 5.74) is 0.374. The average Bonchev–Trinajstić information content (AvgIpc) is 2.99. The monoisotopic (exact) mass is 457 g/mol. The predicted octanol–water partition coefficient (Wildman–Crippen LogP) is 2.81. The molecule has 0 radical (unpaired) electrons. The van der Waals surface area contributed by atoms with E-state index in [0.717, 1.165) is 24.9 Å². The minimum absolute atomic E-state index is 0. The third-order valence-corrected chi connectivity index (χ3v) is 5.96. The van der Waals surface area contributed by atoms with Crippen LogP contribution in [-0.2, 0) is 4.74 Å². The lowest BCUT2D eigenvalue weighted by molar-refractivity contribution is -0.171. The van der Waals surface area contributed by atoms with Gasteiger partial charge in [-0.25, -0.2) is 0 Å². The summed E-state index contributed by atoms with van der Waals surface area (Å²) >= 11 is 0. The van der Waals surface area contributed by atoms with E-state index in [-0.39, 0.29) is 24.0 Å². The second kappa shape index (κ2) is 8.12. The van der Waals surface area contributed by atoms with Crippen molar-refractivity contribution in [2.24, 2.45) is 16.3 Å². The molecule has 0 amide bonds. The van der Waals surface area contributed by atoms with Crippen LogP contribution in [0.25, 0.3) is 0 Å². The lowest BCUT2D eigenvalue weighted by atomic mass is 9.46. The van der Waals surface area contributed by atoms with Crippen molar-refractivity contribution in [3.05, 3.63) is 30.3 Å². The van der Waals surface area contributed by atoms with Crippen molar-refractivity contribution in [1.29, 1.82) is 0 Å². The van der Waals surface area contributed by atoms with Crippen molar-refractivity contribution in [1.82, 2.24) is 10.6 Å². The van der Waals surface area contributed by atoms with Crippen LogP contribution in [0.3, 0.4) is 0 Å². The van der Waals surface area contributed by atoms with Crippen molar-refractivity contribution in [2.75, 3.05) is 26.8 Å². The number of hydrogen-bond donors (Lipinski definition) is 2. The second-order valence-electron chi connectivity index (χ2n) is 7.11. The number of benzene rings is 1. The maximum absolute atomic E-state index is 5.98. The summed E-state index contributed by atoms with van der Waals surface area (Å²) in [6.07, 6.45) is 5.59. The van der Waals surface area contributed by atoms with Gasteiger partial charge in [0.15, 0.2) is 5.96 Å². The van der Waals surface area contributed by atoms with Crippen LogP contribution < -0.4 is 15.4 Å². The van der Waals surface area contributed by atoms with Gasteiger partial charge >= 0.3 is 0 Å². The van der Waals surface area contributed by atoms with E-state index in [1.165, 1.54) is 25.7 Å². The first-order chi connectivity index (χ1) is 11.8. The first kappa shape index (κ1) is 18.8. The van der Waals surface area contributed by atoms with E-state index in [1.54, 1.807) is 0 Å². The number of halogens is 1. The van der Waals surface area contributed by atoms with Gasteiger partial charge in [-0.2, -0.15) is 0 Å². The zero-order valence-corrected chi connectivity index (χ0v) is 17.1. The molecule has 2 aliphatic carbocycles. The van der Waals surface area contributed by atoms with Gasteiger partial charge in [0.1, 0.15) is 12.4 Å². The lowest BCUT2D eigenvalue weighted by Gasteiger charge is -2.63. The molecule has 3 unspecified atom stereocenters. The first-order valence-electron chi connectivity index (χ1n) is 9.10. The maximum atomic E-state index is 5.98. The standard InChI is InChI=1S/C19H27N3O2.HI/c1-20-18(21-11-13-23-14-6-3-2-4-7-14)22-16-15-8-12-24-17(15)19(16)9-5-10-19;/h2-4,6-7,15-17H,5,8-13H2,1H3,(H2,20,21,22);1H. The third-order valence-electron chi connectivity index (χ3n) is 5.96. The lowest BCUT2D eigenvalue weighted by Crippen LogP contribution is -2.72. The van der Waals surface area contributed by atoms with E-state index in [9.17, 15) is 0 Å². The molecule has 1 spiro atoms. The van der Waals surface area contributed by atoms with Gasteiger partial charge in [-0.3, -0.25) is 4.99 Å². The number of ether oxygens (including phenoxy) is 2. The summed E-state index contributed by atoms with van der Waals surface area (Å²) in [6, 6.07) is 10.4. The Kier molecular flexibility index (Phi) is 6.09. The number of guanidine groups is 1. The zero-order valence-electron chi connectivity index (χ0n) is 14.7. The van der Waals surface area contributed by atoms with E-state index in [4.69, 9.17) is 9.47 Å². The van der Waals surface area contributed by atoms with Crippen molar-refractivity contribution >= 4 is 29.9 Å². The molecular weight excluding hydrogens is 429 g/mol.